The van der Waals surface area contributed by atoms with E-state index in [0.717, 1.165) is 46.3 Å². The molecule has 0 unspecified atom stereocenters. The number of pyridine rings is 1. The van der Waals surface area contributed by atoms with Crippen molar-refractivity contribution in [2.75, 3.05) is 0 Å². The Kier molecular flexibility index (Phi) is 6.44. The average molecular weight is 436 g/mol. The molecule has 0 saturated carbocycles. The number of carboxylic acid groups (broad SMARTS) is 1. The van der Waals surface area contributed by atoms with Gasteiger partial charge in [0.25, 0.3) is 0 Å². The van der Waals surface area contributed by atoms with Gasteiger partial charge in [0.05, 0.1) is 5.52 Å². The number of fused-ring (bicyclic) bond motifs is 1. The van der Waals surface area contributed by atoms with Crippen LogP contribution in [0.4, 0.5) is 8.78 Å². The van der Waals surface area contributed by atoms with Gasteiger partial charge in [0.1, 0.15) is 5.75 Å². The molecule has 0 spiro atoms. The zero-order chi connectivity index (χ0) is 22.5. The summed E-state index contributed by atoms with van der Waals surface area (Å²) in [6.45, 7) is -2.87. The summed E-state index contributed by atoms with van der Waals surface area (Å²) in [5, 5.41) is 10.1. The van der Waals surface area contributed by atoms with E-state index < -0.39 is 12.6 Å². The minimum absolute atomic E-state index is 0.0705. The summed E-state index contributed by atoms with van der Waals surface area (Å²) < 4.78 is 31.4. The molecule has 7 heteroatoms. The van der Waals surface area contributed by atoms with E-state index in [9.17, 15) is 13.6 Å². The number of aryl methyl sites for hydroxylation is 3. The molecule has 0 atom stereocenters. The van der Waals surface area contributed by atoms with Crippen molar-refractivity contribution in [3.8, 4) is 11.4 Å². The number of rotatable bonds is 9. The quantitative estimate of drug-likeness (QED) is 0.380. The molecule has 4 rings (SSSR count). The molecule has 0 radical (unpaired) electrons. The number of carbonyl (C=O) groups is 1. The summed E-state index contributed by atoms with van der Waals surface area (Å²) in [6.07, 6.45) is 5.86. The Bertz CT molecular complexity index is 1210. The van der Waals surface area contributed by atoms with Crippen molar-refractivity contribution >= 4 is 16.9 Å². The van der Waals surface area contributed by atoms with Gasteiger partial charge in [0.2, 0.25) is 0 Å². The first-order chi connectivity index (χ1) is 15.5. The third-order valence-electron chi connectivity index (χ3n) is 5.30. The molecule has 0 saturated heterocycles. The largest absolute Gasteiger partial charge is 0.481 e. The highest BCUT2D eigenvalue weighted by molar-refractivity contribution is 5.86. The van der Waals surface area contributed by atoms with Gasteiger partial charge in [-0.2, -0.15) is 8.78 Å². The molecule has 32 heavy (non-hydrogen) atoms. The minimum atomic E-state index is -2.87. The van der Waals surface area contributed by atoms with Crippen LogP contribution in [0.15, 0.2) is 73.1 Å². The predicted molar refractivity (Wildman–Crippen MR) is 118 cm³/mol. The van der Waals surface area contributed by atoms with Crippen LogP contribution in [0.5, 0.6) is 5.75 Å². The highest BCUT2D eigenvalue weighted by Gasteiger charge is 2.13. The van der Waals surface area contributed by atoms with Gasteiger partial charge in [-0.15, -0.1) is 0 Å². The number of nitrogens with zero attached hydrogens (tertiary/aromatic N) is 2. The lowest BCUT2D eigenvalue weighted by atomic mass is 10.0. The second kappa shape index (κ2) is 9.60. The Morgan fingerprint density at radius 2 is 1.84 bits per heavy atom. The maximum atomic E-state index is 12.5. The fraction of sp³-hybridized carbons (Fsp3) is 0.200. The number of aliphatic carboxylic acids is 1. The molecule has 1 N–H and O–H groups in total. The van der Waals surface area contributed by atoms with Gasteiger partial charge < -0.3 is 14.4 Å². The van der Waals surface area contributed by atoms with Gasteiger partial charge in [-0.3, -0.25) is 9.78 Å². The van der Waals surface area contributed by atoms with Crippen LogP contribution in [-0.4, -0.2) is 27.2 Å². The van der Waals surface area contributed by atoms with Gasteiger partial charge >= 0.3 is 12.6 Å². The Labute approximate surface area is 183 Å². The molecule has 0 aliphatic rings. The number of hydrogen-bond donors (Lipinski definition) is 1. The summed E-state index contributed by atoms with van der Waals surface area (Å²) in [4.78, 5) is 15.4. The summed E-state index contributed by atoms with van der Waals surface area (Å²) in [5.41, 5.74) is 4.83. The fourth-order valence-electron chi connectivity index (χ4n) is 3.76. The van der Waals surface area contributed by atoms with Crippen molar-refractivity contribution in [3.63, 3.8) is 0 Å². The van der Waals surface area contributed by atoms with Crippen molar-refractivity contribution in [2.45, 2.75) is 32.3 Å². The molecule has 2 heterocycles. The van der Waals surface area contributed by atoms with E-state index >= 15 is 0 Å². The van der Waals surface area contributed by atoms with Crippen LogP contribution in [0.3, 0.4) is 0 Å². The van der Waals surface area contributed by atoms with Crippen LogP contribution in [0.25, 0.3) is 16.6 Å². The van der Waals surface area contributed by atoms with Crippen LogP contribution in [0.2, 0.25) is 0 Å². The van der Waals surface area contributed by atoms with Crippen LogP contribution >= 0.6 is 0 Å². The number of alkyl halides is 2. The summed E-state index contributed by atoms with van der Waals surface area (Å²) >= 11 is 0. The molecular formula is C25H22F2N2O3. The van der Waals surface area contributed by atoms with Crippen molar-refractivity contribution in [3.05, 3.63) is 89.9 Å². The first-order valence-electron chi connectivity index (χ1n) is 10.3. The monoisotopic (exact) mass is 436 g/mol. The highest BCUT2D eigenvalue weighted by atomic mass is 19.3. The molecule has 164 valence electrons. The average Bonchev–Trinajstić information content (AvgIpc) is 3.15. The van der Waals surface area contributed by atoms with E-state index in [0.29, 0.717) is 6.42 Å². The van der Waals surface area contributed by atoms with Crippen LogP contribution < -0.4 is 4.74 Å². The molecule has 0 fully saturated rings. The van der Waals surface area contributed by atoms with E-state index in [2.05, 4.69) is 9.72 Å². The van der Waals surface area contributed by atoms with Gasteiger partial charge in [0.15, 0.2) is 0 Å². The van der Waals surface area contributed by atoms with Crippen molar-refractivity contribution in [2.24, 2.45) is 0 Å². The van der Waals surface area contributed by atoms with E-state index in [4.69, 9.17) is 5.11 Å². The number of hydrogen-bond acceptors (Lipinski definition) is 3. The molecular weight excluding hydrogens is 414 g/mol. The van der Waals surface area contributed by atoms with Gasteiger partial charge in [-0.1, -0.05) is 12.1 Å². The first kappa shape index (κ1) is 21.5. The topological polar surface area (TPSA) is 64.3 Å². The second-order valence-electron chi connectivity index (χ2n) is 7.46. The van der Waals surface area contributed by atoms with E-state index in [1.54, 1.807) is 18.3 Å². The molecule has 2 aromatic carbocycles. The van der Waals surface area contributed by atoms with Crippen molar-refractivity contribution in [1.82, 2.24) is 9.55 Å². The second-order valence-corrected chi connectivity index (χ2v) is 7.46. The van der Waals surface area contributed by atoms with E-state index in [-0.39, 0.29) is 12.2 Å². The van der Waals surface area contributed by atoms with Crippen molar-refractivity contribution in [1.29, 1.82) is 0 Å². The number of carboxylic acids is 1. The number of aromatic nitrogens is 2. The molecule has 4 aromatic rings. The maximum Gasteiger partial charge on any atom is 0.387 e. The highest BCUT2D eigenvalue weighted by Crippen LogP contribution is 2.28. The summed E-state index contributed by atoms with van der Waals surface area (Å²) in [7, 11) is 0. The lowest BCUT2D eigenvalue weighted by Gasteiger charge is -2.08. The van der Waals surface area contributed by atoms with Crippen LogP contribution in [0, 0.1) is 0 Å². The van der Waals surface area contributed by atoms with Gasteiger partial charge in [-0.25, -0.2) is 0 Å². The Morgan fingerprint density at radius 3 is 2.53 bits per heavy atom. The molecule has 0 bridgehead atoms. The van der Waals surface area contributed by atoms with Crippen LogP contribution in [0.1, 0.15) is 23.2 Å². The SMILES string of the molecule is O=C(O)CCc1ccc2c(c1)c(CCc1ccccn1)cn2-c1ccc(OC(F)F)cc1. The fourth-order valence-corrected chi connectivity index (χ4v) is 3.76. The van der Waals surface area contributed by atoms with E-state index in [1.807, 2.05) is 47.2 Å². The zero-order valence-electron chi connectivity index (χ0n) is 17.2. The van der Waals surface area contributed by atoms with Gasteiger partial charge in [0, 0.05) is 35.6 Å². The molecule has 0 amide bonds. The number of benzene rings is 2. The zero-order valence-corrected chi connectivity index (χ0v) is 17.2. The smallest absolute Gasteiger partial charge is 0.387 e. The third kappa shape index (κ3) is 5.11. The molecule has 5 nitrogen and oxygen atoms in total. The number of ether oxygens (including phenoxy) is 1. The molecule has 0 aliphatic carbocycles. The normalized spacial score (nSPS) is 11.2. The lowest BCUT2D eigenvalue weighted by Crippen LogP contribution is -2.02. The first-order valence-corrected chi connectivity index (χ1v) is 10.3. The van der Waals surface area contributed by atoms with Crippen LogP contribution in [-0.2, 0) is 24.1 Å². The Hall–Kier alpha value is -3.74. The third-order valence-corrected chi connectivity index (χ3v) is 5.30. The van der Waals surface area contributed by atoms with Gasteiger partial charge in [-0.05, 0) is 78.9 Å². The number of halogens is 2. The van der Waals surface area contributed by atoms with Crippen molar-refractivity contribution < 1.29 is 23.4 Å². The lowest BCUT2D eigenvalue weighted by molar-refractivity contribution is -0.136. The molecule has 0 aliphatic heterocycles. The molecule has 2 aromatic heterocycles. The predicted octanol–water partition coefficient (Wildman–Crippen LogP) is 5.43. The minimum Gasteiger partial charge on any atom is -0.481 e. The van der Waals surface area contributed by atoms with E-state index in [1.165, 1.54) is 12.1 Å². The Morgan fingerprint density at radius 1 is 1.03 bits per heavy atom. The Balaban J connectivity index is 1.69. The maximum absolute atomic E-state index is 12.5. The summed E-state index contributed by atoms with van der Waals surface area (Å²) in [6, 6.07) is 18.3. The summed E-state index contributed by atoms with van der Waals surface area (Å²) in [5.74, 6) is -0.726. The standard InChI is InChI=1S/C25H22F2N2O3/c26-25(27)32-21-10-8-20(9-11-21)29-16-18(6-7-19-3-1-2-14-28-19)22-15-17(4-12-23(22)29)5-13-24(30)31/h1-4,8-12,14-16,25H,5-7,13H2,(H,30,31).